The van der Waals surface area contributed by atoms with Crippen LogP contribution < -0.4 is 5.11 Å². The van der Waals surface area contributed by atoms with Gasteiger partial charge in [0, 0.05) is 0 Å². The van der Waals surface area contributed by atoms with Crippen LogP contribution in [0.3, 0.4) is 0 Å². The predicted octanol–water partition coefficient (Wildman–Crippen LogP) is -6.48. The van der Waals surface area contributed by atoms with Gasteiger partial charge in [-0.15, -0.1) is 0 Å². The first-order valence-corrected chi connectivity index (χ1v) is 3.45. The van der Waals surface area contributed by atoms with Crippen LogP contribution >= 0.6 is 0 Å². The van der Waals surface area contributed by atoms with Gasteiger partial charge in [0.2, 0.25) is 0 Å². The third kappa shape index (κ3) is 7.06. The molecule has 0 aromatic carbocycles. The van der Waals surface area contributed by atoms with Crippen LogP contribution in [-0.4, -0.2) is 73.5 Å². The van der Waals surface area contributed by atoms with Crippen LogP contribution in [0.15, 0.2) is 0 Å². The van der Waals surface area contributed by atoms with Gasteiger partial charge < -0.3 is 46.4 Å². The van der Waals surface area contributed by atoms with Gasteiger partial charge in [-0.1, -0.05) is 0 Å². The number of hydrogen-bond donors (Lipinski definition) is 5. The number of aliphatic hydroxyl groups excluding tert-OH is 5. The third-order valence-corrected chi connectivity index (χ3v) is 1.50. The van der Waals surface area contributed by atoms with Crippen LogP contribution in [0.25, 0.3) is 0 Å². The van der Waals surface area contributed by atoms with Crippen LogP contribution in [0.2, 0.25) is 0 Å². The van der Waals surface area contributed by atoms with Crippen LogP contribution in [0, 0.1) is 0 Å². The van der Waals surface area contributed by atoms with Gasteiger partial charge in [-0.3, -0.25) is 0 Å². The molecule has 9 nitrogen and oxygen atoms in total. The molecule has 0 aromatic rings. The van der Waals surface area contributed by atoms with E-state index in [0.717, 1.165) is 0 Å². The first-order valence-electron chi connectivity index (χ1n) is 3.45. The summed E-state index contributed by atoms with van der Waals surface area (Å²) in [6.45, 7) is -0.863. The molecule has 9 N–H and O–H groups in total. The summed E-state index contributed by atoms with van der Waals surface area (Å²) in [7, 11) is 0. The fourth-order valence-corrected chi connectivity index (χ4v) is 0.662. The summed E-state index contributed by atoms with van der Waals surface area (Å²) >= 11 is 0. The SMILES string of the molecule is O.O.O=C([O-])[C@H](O)[C@@H](O)[C@H](O)[C@H](O)CO.[Fe+2]. The summed E-state index contributed by atoms with van der Waals surface area (Å²) in [5.41, 5.74) is 0. The average Bonchev–Trinajstić information content (AvgIpc) is 2.12. The van der Waals surface area contributed by atoms with E-state index in [2.05, 4.69) is 0 Å². The van der Waals surface area contributed by atoms with E-state index in [0.29, 0.717) is 0 Å². The molecular formula is C6H15FeO9+. The normalized spacial score (nSPS) is 16.6. The summed E-state index contributed by atoms with van der Waals surface area (Å²) in [6, 6.07) is 0. The molecule has 0 bridgehead atoms. The van der Waals surface area contributed by atoms with Gasteiger partial charge in [0.1, 0.15) is 24.4 Å². The van der Waals surface area contributed by atoms with Crippen LogP contribution in [0.4, 0.5) is 0 Å². The van der Waals surface area contributed by atoms with Crippen molar-refractivity contribution in [2.24, 2.45) is 0 Å². The van der Waals surface area contributed by atoms with Gasteiger partial charge >= 0.3 is 17.1 Å². The Hall–Kier alpha value is -0.291. The van der Waals surface area contributed by atoms with Crippen molar-refractivity contribution in [3.05, 3.63) is 0 Å². The molecule has 0 aromatic heterocycles. The molecule has 0 radical (unpaired) electrons. The van der Waals surface area contributed by atoms with Gasteiger partial charge in [0.05, 0.1) is 12.6 Å². The van der Waals surface area contributed by atoms with E-state index >= 15 is 0 Å². The molecule has 0 saturated heterocycles. The summed E-state index contributed by atoms with van der Waals surface area (Å²) < 4.78 is 0. The molecule has 0 aliphatic heterocycles. The zero-order valence-corrected chi connectivity index (χ0v) is 9.03. The van der Waals surface area contributed by atoms with E-state index in [1.807, 2.05) is 0 Å². The Kier molecular flexibility index (Phi) is 17.4. The molecule has 0 aliphatic rings. The molecule has 10 heteroatoms. The van der Waals surface area contributed by atoms with Crippen molar-refractivity contribution >= 4 is 5.97 Å². The molecule has 0 amide bonds. The number of hydrogen-bond acceptors (Lipinski definition) is 7. The minimum Gasteiger partial charge on any atom is -0.547 e. The molecule has 16 heavy (non-hydrogen) atoms. The Morgan fingerprint density at radius 3 is 1.69 bits per heavy atom. The summed E-state index contributed by atoms with van der Waals surface area (Å²) in [5, 5.41) is 53.4. The second kappa shape index (κ2) is 11.2. The molecule has 0 spiro atoms. The van der Waals surface area contributed by atoms with Crippen LogP contribution in [0.1, 0.15) is 0 Å². The van der Waals surface area contributed by atoms with Crippen LogP contribution in [-0.2, 0) is 21.9 Å². The van der Waals surface area contributed by atoms with E-state index in [4.69, 9.17) is 25.5 Å². The van der Waals surface area contributed by atoms with E-state index in [-0.39, 0.29) is 28.0 Å². The standard InChI is InChI=1S/C6H12O7.Fe.2H2O/c7-1-2(8)3(9)4(10)5(11)6(12)13;;;/h2-5,7-11H,1H2,(H,12,13);;2*1H2/q;+2;;/p-1/t2-,3-,4+,5-;;;/m1.../s1. The van der Waals surface area contributed by atoms with E-state index in [1.54, 1.807) is 0 Å². The number of carboxylic acids is 1. The molecular weight excluding hydrogens is 272 g/mol. The van der Waals surface area contributed by atoms with Crippen molar-refractivity contribution in [1.82, 2.24) is 0 Å². The minimum absolute atomic E-state index is 0. The van der Waals surface area contributed by atoms with E-state index in [1.165, 1.54) is 0 Å². The number of carbonyl (C=O) groups is 1. The Labute approximate surface area is 101 Å². The van der Waals surface area contributed by atoms with Crippen molar-refractivity contribution < 1.29 is 63.5 Å². The maximum absolute atomic E-state index is 9.98. The Morgan fingerprint density at radius 2 is 1.44 bits per heavy atom. The van der Waals surface area contributed by atoms with Crippen LogP contribution in [0.5, 0.6) is 0 Å². The topological polar surface area (TPSA) is 204 Å². The van der Waals surface area contributed by atoms with Crippen molar-refractivity contribution in [2.45, 2.75) is 24.4 Å². The zero-order chi connectivity index (χ0) is 10.6. The molecule has 0 fully saturated rings. The first-order chi connectivity index (χ1) is 5.91. The molecule has 4 atom stereocenters. The Balaban J connectivity index is -0.000000240. The monoisotopic (exact) mass is 287 g/mol. The molecule has 0 rings (SSSR count). The number of rotatable bonds is 5. The van der Waals surface area contributed by atoms with E-state index in [9.17, 15) is 9.90 Å². The van der Waals surface area contributed by atoms with Crippen molar-refractivity contribution in [3.63, 3.8) is 0 Å². The summed E-state index contributed by atoms with van der Waals surface area (Å²) in [4.78, 5) is 9.98. The van der Waals surface area contributed by atoms with Crippen molar-refractivity contribution in [3.8, 4) is 0 Å². The maximum atomic E-state index is 9.98. The third-order valence-electron chi connectivity index (χ3n) is 1.50. The van der Waals surface area contributed by atoms with Gasteiger partial charge in [-0.25, -0.2) is 0 Å². The number of aliphatic hydroxyl groups is 5. The van der Waals surface area contributed by atoms with Crippen molar-refractivity contribution in [1.29, 1.82) is 0 Å². The largest absolute Gasteiger partial charge is 2.00 e. The zero-order valence-electron chi connectivity index (χ0n) is 7.92. The molecule has 0 aliphatic carbocycles. The Bertz CT molecular complexity index is 177. The maximum Gasteiger partial charge on any atom is 2.00 e. The number of aliphatic carboxylic acids is 1. The second-order valence-corrected chi connectivity index (χ2v) is 2.49. The summed E-state index contributed by atoms with van der Waals surface area (Å²) in [5.74, 6) is -1.98. The van der Waals surface area contributed by atoms with Gasteiger partial charge in [-0.2, -0.15) is 0 Å². The van der Waals surface area contributed by atoms with Gasteiger partial charge in [0.15, 0.2) is 0 Å². The van der Waals surface area contributed by atoms with Gasteiger partial charge in [0.25, 0.3) is 0 Å². The van der Waals surface area contributed by atoms with Crippen molar-refractivity contribution in [2.75, 3.05) is 6.61 Å². The first kappa shape index (κ1) is 24.8. The fourth-order valence-electron chi connectivity index (χ4n) is 0.662. The number of carboxylic acid groups (broad SMARTS) is 1. The minimum atomic E-state index is -2.31. The second-order valence-electron chi connectivity index (χ2n) is 2.49. The fraction of sp³-hybridized carbons (Fsp3) is 0.833. The number of carbonyl (C=O) groups excluding carboxylic acids is 1. The smallest absolute Gasteiger partial charge is 0.547 e. The molecule has 0 heterocycles. The predicted molar refractivity (Wildman–Crippen MR) is 43.3 cm³/mol. The van der Waals surface area contributed by atoms with Gasteiger partial charge in [-0.05, 0) is 0 Å². The molecule has 0 saturated carbocycles. The Morgan fingerprint density at radius 1 is 1.06 bits per heavy atom. The van der Waals surface area contributed by atoms with E-state index < -0.39 is 37.0 Å². The summed E-state index contributed by atoms with van der Waals surface area (Å²) in [6.07, 6.45) is -8.08. The molecule has 0 unspecified atom stereocenters. The average molecular weight is 287 g/mol. The molecule has 100 valence electrons. The quantitative estimate of drug-likeness (QED) is 0.309.